The molecule has 0 aliphatic rings. The van der Waals surface area contributed by atoms with Crippen LogP contribution in [0.2, 0.25) is 0 Å². The van der Waals surface area contributed by atoms with E-state index in [1.165, 1.54) is 205 Å². The van der Waals surface area contributed by atoms with Crippen LogP contribution >= 0.6 is 7.82 Å². The SMILES string of the molecule is CC/C=C\C/C=C\C/C=C\C/C=C\C/C=C\CCCCCCCCCCCCCCCCCCCC(=O)NC(COP(=O)(O)OCC[N+](C)(C)C)C(O)/C=C/CC/C=C/CC/C=C/CCCCCCCCCCCCCCCCCC. The number of quaternary nitrogens is 1. The lowest BCUT2D eigenvalue weighted by molar-refractivity contribution is -0.870. The number of amides is 1. The van der Waals surface area contributed by atoms with Crippen LogP contribution in [0, 0.1) is 0 Å². The minimum atomic E-state index is -4.37. The molecule has 0 heterocycles. The van der Waals surface area contributed by atoms with Gasteiger partial charge in [0.2, 0.25) is 5.91 Å². The number of carbonyl (C=O) groups is 1. The Kier molecular flexibility index (Phi) is 60.0. The lowest BCUT2D eigenvalue weighted by Crippen LogP contribution is -2.45. The van der Waals surface area contributed by atoms with E-state index in [0.29, 0.717) is 17.4 Å². The Hall–Kier alpha value is -2.58. The number of phosphoric acid groups is 1. The van der Waals surface area contributed by atoms with Crippen molar-refractivity contribution in [3.05, 3.63) is 97.2 Å². The Balaban J connectivity index is 4.14. The van der Waals surface area contributed by atoms with Crippen LogP contribution in [-0.4, -0.2) is 73.4 Å². The van der Waals surface area contributed by atoms with Crippen LogP contribution in [-0.2, 0) is 18.4 Å². The molecule has 470 valence electrons. The Morgan fingerprint density at radius 3 is 1.14 bits per heavy atom. The van der Waals surface area contributed by atoms with Crippen molar-refractivity contribution in [3.8, 4) is 0 Å². The number of hydrogen-bond acceptors (Lipinski definition) is 5. The Labute approximate surface area is 502 Å². The standard InChI is InChI=1S/C72H131N2O6P/c1-6-8-10-12-14-16-18-20-22-24-26-28-30-32-34-35-36-37-38-39-40-42-44-46-48-50-52-54-56-58-60-62-64-66-72(76)73-70(69-80-81(77,78)79-68-67-74(3,4)5)71(75)65-63-61-59-57-55-53-51-49-47-45-43-41-33-31-29-27-25-23-21-19-17-15-13-11-9-7-2/h8,10,14,16,20,22,26,28,32,34,47,49,55,57,63,65,70-71,75H,6-7,9,11-13,15,17-19,21,23-25,27,29-31,33,35-46,48,50-54,56,58-62,64,66-69H2,1-5H3,(H-,73,76,77,78)/p+1/b10-8-,16-14-,22-20-,28-26-,34-32-,49-47+,57-55+,65-63+. The van der Waals surface area contributed by atoms with Crippen molar-refractivity contribution in [2.45, 2.75) is 315 Å². The molecule has 0 radical (unpaired) electrons. The van der Waals surface area contributed by atoms with Gasteiger partial charge in [-0.05, 0) is 89.9 Å². The van der Waals surface area contributed by atoms with E-state index in [4.69, 9.17) is 9.05 Å². The number of likely N-dealkylation sites (N-methyl/N-ethyl adjacent to an activating group) is 1. The van der Waals surface area contributed by atoms with Gasteiger partial charge < -0.3 is 19.8 Å². The molecule has 9 heteroatoms. The highest BCUT2D eigenvalue weighted by Crippen LogP contribution is 2.43. The molecular weight excluding hydrogens is 1020 g/mol. The summed E-state index contributed by atoms with van der Waals surface area (Å²) in [5.41, 5.74) is 0. The van der Waals surface area contributed by atoms with Crippen LogP contribution in [0.15, 0.2) is 97.2 Å². The summed E-state index contributed by atoms with van der Waals surface area (Å²) < 4.78 is 23.8. The molecule has 3 atom stereocenters. The minimum absolute atomic E-state index is 0.0510. The molecular formula is C72H132N2O6P+. The molecule has 0 spiro atoms. The number of phosphoric ester groups is 1. The fourth-order valence-corrected chi connectivity index (χ4v) is 10.5. The monoisotopic (exact) mass is 1150 g/mol. The third-order valence-electron chi connectivity index (χ3n) is 15.0. The highest BCUT2D eigenvalue weighted by molar-refractivity contribution is 7.47. The summed E-state index contributed by atoms with van der Waals surface area (Å²) in [6.45, 7) is 4.70. The Bertz CT molecular complexity index is 1640. The van der Waals surface area contributed by atoms with Crippen molar-refractivity contribution in [3.63, 3.8) is 0 Å². The molecule has 3 unspecified atom stereocenters. The smallest absolute Gasteiger partial charge is 0.387 e. The van der Waals surface area contributed by atoms with E-state index in [1.54, 1.807) is 6.08 Å². The number of hydrogen-bond donors (Lipinski definition) is 3. The summed E-state index contributed by atoms with van der Waals surface area (Å²) in [5, 5.41) is 14.0. The normalized spacial score (nSPS) is 14.3. The number of nitrogens with zero attached hydrogens (tertiary/aromatic N) is 1. The fourth-order valence-electron chi connectivity index (χ4n) is 9.75. The zero-order valence-corrected chi connectivity index (χ0v) is 54.6. The lowest BCUT2D eigenvalue weighted by Gasteiger charge is -2.25. The topological polar surface area (TPSA) is 105 Å². The van der Waals surface area contributed by atoms with E-state index in [2.05, 4.69) is 104 Å². The molecule has 1 amide bonds. The van der Waals surface area contributed by atoms with Crippen molar-refractivity contribution < 1.29 is 32.9 Å². The molecule has 0 aromatic carbocycles. The van der Waals surface area contributed by atoms with Gasteiger partial charge in [0.05, 0.1) is 39.9 Å². The lowest BCUT2D eigenvalue weighted by atomic mass is 10.0. The van der Waals surface area contributed by atoms with Gasteiger partial charge in [0, 0.05) is 6.42 Å². The van der Waals surface area contributed by atoms with E-state index in [1.807, 2.05) is 27.2 Å². The molecule has 0 saturated carbocycles. The highest BCUT2D eigenvalue weighted by atomic mass is 31.2. The number of carbonyl (C=O) groups excluding carboxylic acids is 1. The molecule has 8 nitrogen and oxygen atoms in total. The van der Waals surface area contributed by atoms with E-state index in [9.17, 15) is 19.4 Å². The first-order chi connectivity index (χ1) is 39.5. The van der Waals surface area contributed by atoms with Crippen molar-refractivity contribution >= 4 is 13.7 Å². The molecule has 81 heavy (non-hydrogen) atoms. The van der Waals surface area contributed by atoms with Crippen molar-refractivity contribution in [2.75, 3.05) is 40.9 Å². The van der Waals surface area contributed by atoms with Crippen LogP contribution in [0.1, 0.15) is 303 Å². The van der Waals surface area contributed by atoms with Crippen LogP contribution in [0.25, 0.3) is 0 Å². The number of unbranched alkanes of at least 4 members (excludes halogenated alkanes) is 35. The number of aliphatic hydroxyl groups is 1. The summed E-state index contributed by atoms with van der Waals surface area (Å²) in [6.07, 6.45) is 89.8. The fraction of sp³-hybridized carbons (Fsp3) is 0.764. The quantitative estimate of drug-likeness (QED) is 0.0243. The first-order valence-electron chi connectivity index (χ1n) is 34.1. The Morgan fingerprint density at radius 2 is 0.753 bits per heavy atom. The van der Waals surface area contributed by atoms with Crippen LogP contribution in [0.3, 0.4) is 0 Å². The van der Waals surface area contributed by atoms with Gasteiger partial charge in [0.25, 0.3) is 0 Å². The second-order valence-electron chi connectivity index (χ2n) is 24.2. The minimum Gasteiger partial charge on any atom is -0.387 e. The third kappa shape index (κ3) is 64.8. The molecule has 0 bridgehead atoms. The molecule has 0 aromatic heterocycles. The Morgan fingerprint density at radius 1 is 0.432 bits per heavy atom. The largest absolute Gasteiger partial charge is 0.472 e. The maximum Gasteiger partial charge on any atom is 0.472 e. The first kappa shape index (κ1) is 78.4. The van der Waals surface area contributed by atoms with E-state index in [0.717, 1.165) is 77.0 Å². The van der Waals surface area contributed by atoms with Crippen molar-refractivity contribution in [1.82, 2.24) is 5.32 Å². The third-order valence-corrected chi connectivity index (χ3v) is 16.0. The second-order valence-corrected chi connectivity index (χ2v) is 25.6. The molecule has 3 N–H and O–H groups in total. The van der Waals surface area contributed by atoms with Gasteiger partial charge >= 0.3 is 7.82 Å². The van der Waals surface area contributed by atoms with Gasteiger partial charge in [-0.1, -0.05) is 304 Å². The highest BCUT2D eigenvalue weighted by Gasteiger charge is 2.28. The van der Waals surface area contributed by atoms with Crippen molar-refractivity contribution in [1.29, 1.82) is 0 Å². The predicted molar refractivity (Wildman–Crippen MR) is 355 cm³/mol. The van der Waals surface area contributed by atoms with Gasteiger partial charge in [-0.15, -0.1) is 0 Å². The zero-order chi connectivity index (χ0) is 59.1. The van der Waals surface area contributed by atoms with Gasteiger partial charge in [0.15, 0.2) is 0 Å². The first-order valence-corrected chi connectivity index (χ1v) is 35.6. The molecule has 0 aliphatic carbocycles. The van der Waals surface area contributed by atoms with E-state index in [-0.39, 0.29) is 19.1 Å². The van der Waals surface area contributed by atoms with Crippen LogP contribution in [0.5, 0.6) is 0 Å². The average molecular weight is 1150 g/mol. The summed E-state index contributed by atoms with van der Waals surface area (Å²) in [4.78, 5) is 23.4. The summed E-state index contributed by atoms with van der Waals surface area (Å²) in [5.74, 6) is -0.190. The molecule has 0 rings (SSSR count). The summed E-state index contributed by atoms with van der Waals surface area (Å²) >= 11 is 0. The van der Waals surface area contributed by atoms with Crippen LogP contribution in [0.4, 0.5) is 0 Å². The second kappa shape index (κ2) is 62.0. The number of nitrogens with one attached hydrogen (secondary N) is 1. The van der Waals surface area contributed by atoms with Gasteiger partial charge in [0.1, 0.15) is 13.2 Å². The molecule has 0 aromatic rings. The van der Waals surface area contributed by atoms with Crippen molar-refractivity contribution in [2.24, 2.45) is 0 Å². The molecule has 0 aliphatic heterocycles. The maximum atomic E-state index is 13.0. The van der Waals surface area contributed by atoms with E-state index < -0.39 is 20.0 Å². The number of rotatable bonds is 62. The molecule has 0 fully saturated rings. The van der Waals surface area contributed by atoms with Gasteiger partial charge in [-0.2, -0.15) is 0 Å². The van der Waals surface area contributed by atoms with Gasteiger partial charge in [-0.25, -0.2) is 4.57 Å². The average Bonchev–Trinajstić information content (AvgIpc) is 3.43. The predicted octanol–water partition coefficient (Wildman–Crippen LogP) is 21.7. The van der Waals surface area contributed by atoms with Gasteiger partial charge in [-0.3, -0.25) is 13.8 Å². The number of aliphatic hydroxyl groups excluding tert-OH is 1. The van der Waals surface area contributed by atoms with E-state index >= 15 is 0 Å². The zero-order valence-electron chi connectivity index (χ0n) is 53.8. The molecule has 0 saturated heterocycles. The summed E-state index contributed by atoms with van der Waals surface area (Å²) in [6, 6.07) is -0.876. The van der Waals surface area contributed by atoms with Crippen LogP contribution < -0.4 is 5.32 Å². The number of allylic oxidation sites excluding steroid dienone is 15. The maximum absolute atomic E-state index is 13.0. The summed E-state index contributed by atoms with van der Waals surface area (Å²) in [7, 11) is 1.55.